The third-order valence-electron chi connectivity index (χ3n) is 5.49. The number of ketones is 1. The van der Waals surface area contributed by atoms with E-state index in [1.807, 2.05) is 0 Å². The Hall–Kier alpha value is -3.48. The number of carbonyl (C=O) groups excluding carboxylic acids is 1. The molecule has 4 aromatic rings. The largest absolute Gasteiger partial charge is 0.497 e. The molecule has 0 amide bonds. The van der Waals surface area contributed by atoms with Gasteiger partial charge in [-0.1, -0.05) is 12.1 Å². The highest BCUT2D eigenvalue weighted by Gasteiger charge is 2.36. The molecule has 0 spiro atoms. The second-order valence-electron chi connectivity index (χ2n) is 7.95. The van der Waals surface area contributed by atoms with E-state index in [2.05, 4.69) is 4.98 Å². The van der Waals surface area contributed by atoms with E-state index in [4.69, 9.17) is 10.5 Å². The molecule has 4 rings (SSSR count). The maximum atomic E-state index is 14.1. The number of nitrogen functional groups attached to an aromatic ring is 1. The Morgan fingerprint density at radius 3 is 2.19 bits per heavy atom. The van der Waals surface area contributed by atoms with Crippen molar-refractivity contribution in [2.24, 2.45) is 0 Å². The first kappa shape index (κ1) is 25.6. The molecule has 2 aromatic heterocycles. The number of hydrogen-bond donors (Lipinski definition) is 1. The van der Waals surface area contributed by atoms with Crippen LogP contribution in [-0.2, 0) is 16.2 Å². The Labute approximate surface area is 209 Å². The van der Waals surface area contributed by atoms with Gasteiger partial charge in [0.25, 0.3) is 0 Å². The standard InChI is InChI=1S/C24H20F3N3O4S2/c1-30(2)36(32,33)16-10-6-13(7-11-16)18-12-17(24(25,26)27)19-20(28)22(35-23(19)29-18)21(31)14-4-8-15(34-3)9-5-14/h4-12H,28H2,1-3H3. The molecule has 2 aromatic carbocycles. The van der Waals surface area contributed by atoms with Gasteiger partial charge in [0.15, 0.2) is 0 Å². The number of halogens is 3. The van der Waals surface area contributed by atoms with Crippen LogP contribution >= 0.6 is 11.3 Å². The monoisotopic (exact) mass is 535 g/mol. The Morgan fingerprint density at radius 1 is 1.06 bits per heavy atom. The van der Waals surface area contributed by atoms with E-state index in [0.29, 0.717) is 5.75 Å². The van der Waals surface area contributed by atoms with Crippen molar-refractivity contribution in [3.63, 3.8) is 0 Å². The molecule has 2 heterocycles. The van der Waals surface area contributed by atoms with E-state index in [0.717, 1.165) is 21.7 Å². The third kappa shape index (κ3) is 4.54. The Kier molecular flexibility index (Phi) is 6.54. The highest BCUT2D eigenvalue weighted by atomic mass is 32.2. The van der Waals surface area contributed by atoms with Gasteiger partial charge >= 0.3 is 6.18 Å². The van der Waals surface area contributed by atoms with Crippen molar-refractivity contribution in [2.75, 3.05) is 26.9 Å². The lowest BCUT2D eigenvalue weighted by molar-refractivity contribution is -0.136. The smallest absolute Gasteiger partial charge is 0.417 e. The molecule has 2 N–H and O–H groups in total. The number of alkyl halides is 3. The summed E-state index contributed by atoms with van der Waals surface area (Å²) >= 11 is 0.768. The number of aromatic nitrogens is 1. The van der Waals surface area contributed by atoms with Gasteiger partial charge in [-0.15, -0.1) is 11.3 Å². The quantitative estimate of drug-likeness (QED) is 0.347. The topological polar surface area (TPSA) is 103 Å². The van der Waals surface area contributed by atoms with Crippen LogP contribution in [0.4, 0.5) is 18.9 Å². The number of nitrogens with zero attached hydrogens (tertiary/aromatic N) is 2. The number of pyridine rings is 1. The zero-order valence-electron chi connectivity index (χ0n) is 19.3. The number of sulfonamides is 1. The summed E-state index contributed by atoms with van der Waals surface area (Å²) in [5, 5.41) is -0.347. The molecule has 0 aliphatic rings. The summed E-state index contributed by atoms with van der Waals surface area (Å²) in [5.41, 5.74) is 5.22. The lowest BCUT2D eigenvalue weighted by Crippen LogP contribution is -2.22. The molecule has 7 nitrogen and oxygen atoms in total. The number of methoxy groups -OCH3 is 1. The predicted octanol–water partition coefficient (Wildman–Crippen LogP) is 5.05. The zero-order chi connectivity index (χ0) is 26.4. The number of hydrogen-bond acceptors (Lipinski definition) is 7. The van der Waals surface area contributed by atoms with Crippen molar-refractivity contribution in [1.29, 1.82) is 0 Å². The van der Waals surface area contributed by atoms with Gasteiger partial charge in [-0.2, -0.15) is 13.2 Å². The fourth-order valence-electron chi connectivity index (χ4n) is 3.54. The molecule has 0 fully saturated rings. The molecule has 0 atom stereocenters. The lowest BCUT2D eigenvalue weighted by atomic mass is 10.0. The van der Waals surface area contributed by atoms with Gasteiger partial charge in [0.05, 0.1) is 29.0 Å². The lowest BCUT2D eigenvalue weighted by Gasteiger charge is -2.13. The van der Waals surface area contributed by atoms with Crippen molar-refractivity contribution >= 4 is 43.0 Å². The molecular weight excluding hydrogens is 515 g/mol. The summed E-state index contributed by atoms with van der Waals surface area (Å²) in [4.78, 5) is 17.3. The van der Waals surface area contributed by atoms with Crippen LogP contribution in [0.1, 0.15) is 20.8 Å². The molecule has 0 aliphatic heterocycles. The fourth-order valence-corrected chi connectivity index (χ4v) is 5.53. The summed E-state index contributed by atoms with van der Waals surface area (Å²) in [6.07, 6.45) is -4.78. The van der Waals surface area contributed by atoms with Gasteiger partial charge in [0.2, 0.25) is 15.8 Å². The van der Waals surface area contributed by atoms with Crippen molar-refractivity contribution in [1.82, 2.24) is 9.29 Å². The van der Waals surface area contributed by atoms with Crippen molar-refractivity contribution in [3.8, 4) is 17.0 Å². The van der Waals surface area contributed by atoms with Crippen LogP contribution < -0.4 is 10.5 Å². The van der Waals surface area contributed by atoms with Gasteiger partial charge in [0, 0.05) is 30.6 Å². The molecule has 12 heteroatoms. The van der Waals surface area contributed by atoms with Gasteiger partial charge in [-0.05, 0) is 42.5 Å². The molecule has 0 unspecified atom stereocenters. The Bertz CT molecular complexity index is 1560. The number of carbonyl (C=O) groups is 1. The van der Waals surface area contributed by atoms with Crippen LogP contribution in [0.3, 0.4) is 0 Å². The molecular formula is C24H20F3N3O4S2. The van der Waals surface area contributed by atoms with Crippen LogP contribution in [-0.4, -0.2) is 44.7 Å². The van der Waals surface area contributed by atoms with Crippen LogP contribution in [0.25, 0.3) is 21.5 Å². The number of thiophene rings is 1. The first-order chi connectivity index (χ1) is 16.8. The highest BCUT2D eigenvalue weighted by molar-refractivity contribution is 7.89. The number of anilines is 1. The van der Waals surface area contributed by atoms with E-state index in [1.165, 1.54) is 57.6 Å². The zero-order valence-corrected chi connectivity index (χ0v) is 20.9. The third-order valence-corrected chi connectivity index (χ3v) is 8.42. The van der Waals surface area contributed by atoms with Crippen LogP contribution in [0.15, 0.2) is 59.5 Å². The summed E-state index contributed by atoms with van der Waals surface area (Å²) in [6.45, 7) is 0. The van der Waals surface area contributed by atoms with Crippen LogP contribution in [0, 0.1) is 0 Å². The maximum absolute atomic E-state index is 14.1. The van der Waals surface area contributed by atoms with Crippen LogP contribution in [0.2, 0.25) is 0 Å². The number of nitrogens with two attached hydrogens (primary N) is 1. The minimum Gasteiger partial charge on any atom is -0.497 e. The Balaban J connectivity index is 1.85. The summed E-state index contributed by atoms with van der Waals surface area (Å²) in [6, 6.07) is 12.3. The van der Waals surface area contributed by atoms with Gasteiger partial charge in [-0.3, -0.25) is 4.79 Å². The summed E-state index contributed by atoms with van der Waals surface area (Å²) in [7, 11) is 0.509. The molecule has 0 aliphatic carbocycles. The first-order valence-corrected chi connectivity index (χ1v) is 12.6. The second kappa shape index (κ2) is 9.19. The number of fused-ring (bicyclic) bond motifs is 1. The predicted molar refractivity (Wildman–Crippen MR) is 132 cm³/mol. The second-order valence-corrected chi connectivity index (χ2v) is 11.1. The average molecular weight is 536 g/mol. The van der Waals surface area contributed by atoms with Crippen LogP contribution in [0.5, 0.6) is 5.75 Å². The van der Waals surface area contributed by atoms with E-state index < -0.39 is 27.5 Å². The maximum Gasteiger partial charge on any atom is 0.417 e. The van der Waals surface area contributed by atoms with Gasteiger partial charge in [0.1, 0.15) is 15.5 Å². The molecule has 0 saturated carbocycles. The molecule has 188 valence electrons. The SMILES string of the molecule is COc1ccc(C(=O)c2sc3nc(-c4ccc(S(=O)(=O)N(C)C)cc4)cc(C(F)(F)F)c3c2N)cc1. The average Bonchev–Trinajstić information content (AvgIpc) is 3.18. The van der Waals surface area contributed by atoms with E-state index in [-0.39, 0.29) is 42.5 Å². The fraction of sp³-hybridized carbons (Fsp3) is 0.167. The van der Waals surface area contributed by atoms with Crippen molar-refractivity contribution in [3.05, 3.63) is 70.6 Å². The Morgan fingerprint density at radius 2 is 1.67 bits per heavy atom. The minimum absolute atomic E-state index is 0.0129. The summed E-state index contributed by atoms with van der Waals surface area (Å²) in [5.74, 6) is -0.0167. The van der Waals surface area contributed by atoms with Gasteiger partial charge < -0.3 is 10.5 Å². The highest BCUT2D eigenvalue weighted by Crippen LogP contribution is 2.44. The first-order valence-electron chi connectivity index (χ1n) is 10.4. The number of rotatable bonds is 6. The number of ether oxygens (including phenoxy) is 1. The molecule has 0 saturated heterocycles. The minimum atomic E-state index is -4.78. The van der Waals surface area contributed by atoms with Crippen molar-refractivity contribution in [2.45, 2.75) is 11.1 Å². The molecule has 0 bridgehead atoms. The van der Waals surface area contributed by atoms with Crippen molar-refractivity contribution < 1.29 is 31.1 Å². The van der Waals surface area contributed by atoms with E-state index in [1.54, 1.807) is 12.1 Å². The number of benzene rings is 2. The normalized spacial score (nSPS) is 12.3. The van der Waals surface area contributed by atoms with Gasteiger partial charge in [-0.25, -0.2) is 17.7 Å². The summed E-state index contributed by atoms with van der Waals surface area (Å²) < 4.78 is 72.9. The van der Waals surface area contributed by atoms with E-state index >= 15 is 0 Å². The molecule has 0 radical (unpaired) electrons. The molecule has 36 heavy (non-hydrogen) atoms. The van der Waals surface area contributed by atoms with E-state index in [9.17, 15) is 26.4 Å².